The number of para-hydroxylation sites is 1. The second-order valence-electron chi connectivity index (χ2n) is 5.96. The summed E-state index contributed by atoms with van der Waals surface area (Å²) in [5, 5.41) is 7.65. The summed E-state index contributed by atoms with van der Waals surface area (Å²) in [5.74, 6) is 0.456. The van der Waals surface area contributed by atoms with Crippen LogP contribution in [0.1, 0.15) is 18.1 Å². The standard InChI is InChI=1S/C21H23FN4.HI/c1-2-23-21(26-15-18-7-3-4-11-19(18)22)25-14-12-17-9-5-8-16-10-6-13-24-20(16)17;/h3-11,13H,2,12,14-15H2,1H3,(H2,23,25,26);1H. The monoisotopic (exact) mass is 478 g/mol. The number of hydrogen-bond acceptors (Lipinski definition) is 2. The first-order valence-corrected chi connectivity index (χ1v) is 8.86. The first-order chi connectivity index (χ1) is 12.8. The molecule has 0 fully saturated rings. The van der Waals surface area contributed by atoms with Crippen LogP contribution in [0.4, 0.5) is 4.39 Å². The number of hydrogen-bond donors (Lipinski definition) is 2. The molecule has 0 aliphatic carbocycles. The van der Waals surface area contributed by atoms with Gasteiger partial charge in [0.15, 0.2) is 5.96 Å². The van der Waals surface area contributed by atoms with E-state index >= 15 is 0 Å². The summed E-state index contributed by atoms with van der Waals surface area (Å²) >= 11 is 0. The van der Waals surface area contributed by atoms with Crippen molar-refractivity contribution in [2.24, 2.45) is 4.99 Å². The van der Waals surface area contributed by atoms with Crippen molar-refractivity contribution in [1.29, 1.82) is 0 Å². The molecule has 142 valence electrons. The molecule has 0 saturated carbocycles. The van der Waals surface area contributed by atoms with Crippen molar-refractivity contribution >= 4 is 40.8 Å². The van der Waals surface area contributed by atoms with E-state index in [9.17, 15) is 4.39 Å². The largest absolute Gasteiger partial charge is 0.357 e. The minimum Gasteiger partial charge on any atom is -0.357 e. The molecule has 1 heterocycles. The Bertz CT molecular complexity index is 893. The minimum absolute atomic E-state index is 0. The van der Waals surface area contributed by atoms with E-state index in [1.165, 1.54) is 11.6 Å². The van der Waals surface area contributed by atoms with Crippen molar-refractivity contribution in [3.8, 4) is 0 Å². The van der Waals surface area contributed by atoms with Crippen LogP contribution in [0.3, 0.4) is 0 Å². The second-order valence-corrected chi connectivity index (χ2v) is 5.96. The normalized spacial score (nSPS) is 11.1. The lowest BCUT2D eigenvalue weighted by Gasteiger charge is -2.12. The van der Waals surface area contributed by atoms with E-state index < -0.39 is 0 Å². The van der Waals surface area contributed by atoms with Crippen LogP contribution < -0.4 is 10.6 Å². The summed E-state index contributed by atoms with van der Waals surface area (Å²) in [6.07, 6.45) is 2.65. The van der Waals surface area contributed by atoms with Crippen LogP contribution in [0.5, 0.6) is 0 Å². The quantitative estimate of drug-likeness (QED) is 0.316. The molecular weight excluding hydrogens is 454 g/mol. The van der Waals surface area contributed by atoms with Crippen LogP contribution in [-0.2, 0) is 13.0 Å². The van der Waals surface area contributed by atoms with Crippen molar-refractivity contribution in [2.75, 3.05) is 13.1 Å². The van der Waals surface area contributed by atoms with E-state index in [-0.39, 0.29) is 29.8 Å². The third-order valence-electron chi connectivity index (χ3n) is 4.11. The van der Waals surface area contributed by atoms with Crippen molar-refractivity contribution in [3.05, 3.63) is 77.7 Å². The highest BCUT2D eigenvalue weighted by Crippen LogP contribution is 2.16. The maximum atomic E-state index is 13.7. The third kappa shape index (κ3) is 5.89. The average molecular weight is 478 g/mol. The maximum Gasteiger partial charge on any atom is 0.191 e. The number of aliphatic imine (C=N–C) groups is 1. The van der Waals surface area contributed by atoms with E-state index in [4.69, 9.17) is 0 Å². The fourth-order valence-corrected chi connectivity index (χ4v) is 2.82. The van der Waals surface area contributed by atoms with E-state index in [0.29, 0.717) is 18.1 Å². The SMILES string of the molecule is CCNC(=NCc1ccccc1F)NCCc1cccc2cccnc12.I. The maximum absolute atomic E-state index is 13.7. The molecule has 4 nitrogen and oxygen atoms in total. The molecule has 0 aliphatic heterocycles. The number of benzene rings is 2. The molecular formula is C21H24FIN4. The summed E-state index contributed by atoms with van der Waals surface area (Å²) in [6.45, 7) is 3.78. The third-order valence-corrected chi connectivity index (χ3v) is 4.11. The molecule has 1 aromatic heterocycles. The summed E-state index contributed by atoms with van der Waals surface area (Å²) < 4.78 is 13.7. The van der Waals surface area contributed by atoms with Gasteiger partial charge in [0.25, 0.3) is 0 Å². The molecule has 0 atom stereocenters. The summed E-state index contributed by atoms with van der Waals surface area (Å²) in [7, 11) is 0. The van der Waals surface area contributed by atoms with Crippen molar-refractivity contribution in [1.82, 2.24) is 15.6 Å². The Hall–Kier alpha value is -2.22. The summed E-state index contributed by atoms with van der Waals surface area (Å²) in [5.41, 5.74) is 2.81. The number of rotatable bonds is 6. The molecule has 2 N–H and O–H groups in total. The van der Waals surface area contributed by atoms with Crippen LogP contribution in [0.15, 0.2) is 65.8 Å². The van der Waals surface area contributed by atoms with Crippen LogP contribution in [-0.4, -0.2) is 24.0 Å². The molecule has 27 heavy (non-hydrogen) atoms. The molecule has 3 aromatic rings. The zero-order chi connectivity index (χ0) is 18.2. The molecule has 0 unspecified atom stereocenters. The predicted octanol–water partition coefficient (Wildman–Crippen LogP) is 4.29. The Labute approximate surface area is 176 Å². The Morgan fingerprint density at radius 3 is 2.59 bits per heavy atom. The minimum atomic E-state index is -0.228. The molecule has 2 aromatic carbocycles. The van der Waals surface area contributed by atoms with Gasteiger partial charge >= 0.3 is 0 Å². The average Bonchev–Trinajstić information content (AvgIpc) is 2.67. The Morgan fingerprint density at radius 1 is 1.00 bits per heavy atom. The number of guanidine groups is 1. The lowest BCUT2D eigenvalue weighted by atomic mass is 10.1. The first kappa shape index (κ1) is 21.1. The molecule has 0 amide bonds. The van der Waals surface area contributed by atoms with Gasteiger partial charge in [-0.3, -0.25) is 4.98 Å². The fourth-order valence-electron chi connectivity index (χ4n) is 2.82. The molecule has 0 aliphatic rings. The van der Waals surface area contributed by atoms with Crippen molar-refractivity contribution < 1.29 is 4.39 Å². The van der Waals surface area contributed by atoms with Gasteiger partial charge in [0.2, 0.25) is 0 Å². The number of halogens is 2. The van der Waals surface area contributed by atoms with Gasteiger partial charge in [0.05, 0.1) is 12.1 Å². The lowest BCUT2D eigenvalue weighted by molar-refractivity contribution is 0.610. The smallest absolute Gasteiger partial charge is 0.191 e. The van der Waals surface area contributed by atoms with Crippen LogP contribution in [0.2, 0.25) is 0 Å². The Balaban J connectivity index is 0.00000261. The highest BCUT2D eigenvalue weighted by atomic mass is 127. The predicted molar refractivity (Wildman–Crippen MR) is 120 cm³/mol. The summed E-state index contributed by atoms with van der Waals surface area (Å²) in [6, 6.07) is 17.0. The number of pyridine rings is 1. The highest BCUT2D eigenvalue weighted by molar-refractivity contribution is 14.0. The van der Waals surface area contributed by atoms with Crippen molar-refractivity contribution in [2.45, 2.75) is 19.9 Å². The summed E-state index contributed by atoms with van der Waals surface area (Å²) in [4.78, 5) is 8.96. The molecule has 6 heteroatoms. The molecule has 0 bridgehead atoms. The van der Waals surface area contributed by atoms with E-state index in [1.54, 1.807) is 12.1 Å². The van der Waals surface area contributed by atoms with Crippen LogP contribution in [0, 0.1) is 5.82 Å². The Kier molecular flexibility index (Phi) is 8.44. The second kappa shape index (κ2) is 10.8. The van der Waals surface area contributed by atoms with Gasteiger partial charge in [-0.2, -0.15) is 0 Å². The van der Waals surface area contributed by atoms with E-state index in [2.05, 4.69) is 44.9 Å². The van der Waals surface area contributed by atoms with Gasteiger partial charge in [-0.05, 0) is 31.0 Å². The Morgan fingerprint density at radius 2 is 1.78 bits per heavy atom. The molecule has 3 rings (SSSR count). The zero-order valence-electron chi connectivity index (χ0n) is 15.3. The first-order valence-electron chi connectivity index (χ1n) is 8.86. The van der Waals surface area contributed by atoms with Crippen LogP contribution >= 0.6 is 24.0 Å². The number of nitrogens with one attached hydrogen (secondary N) is 2. The van der Waals surface area contributed by atoms with E-state index in [0.717, 1.165) is 30.4 Å². The van der Waals surface area contributed by atoms with Gasteiger partial charge in [-0.25, -0.2) is 9.38 Å². The van der Waals surface area contributed by atoms with Gasteiger partial charge in [-0.15, -0.1) is 24.0 Å². The number of fused-ring (bicyclic) bond motifs is 1. The van der Waals surface area contributed by atoms with Gasteiger partial charge < -0.3 is 10.6 Å². The fraction of sp³-hybridized carbons (Fsp3) is 0.238. The molecule has 0 saturated heterocycles. The van der Waals surface area contributed by atoms with Gasteiger partial charge in [-0.1, -0.05) is 42.5 Å². The zero-order valence-corrected chi connectivity index (χ0v) is 17.6. The number of nitrogens with zero attached hydrogens (tertiary/aromatic N) is 2. The lowest BCUT2D eigenvalue weighted by Crippen LogP contribution is -2.38. The van der Waals surface area contributed by atoms with Gasteiger partial charge in [0, 0.05) is 30.2 Å². The van der Waals surface area contributed by atoms with Gasteiger partial charge in [0.1, 0.15) is 5.82 Å². The molecule has 0 radical (unpaired) electrons. The van der Waals surface area contributed by atoms with Crippen molar-refractivity contribution in [3.63, 3.8) is 0 Å². The highest BCUT2D eigenvalue weighted by Gasteiger charge is 2.04. The number of aromatic nitrogens is 1. The topological polar surface area (TPSA) is 49.3 Å². The van der Waals surface area contributed by atoms with E-state index in [1.807, 2.05) is 25.3 Å². The molecule has 0 spiro atoms. The van der Waals surface area contributed by atoms with Crippen LogP contribution in [0.25, 0.3) is 10.9 Å².